The van der Waals surface area contributed by atoms with Crippen LogP contribution in [-0.4, -0.2) is 42.6 Å². The van der Waals surface area contributed by atoms with Gasteiger partial charge < -0.3 is 25.8 Å². The van der Waals surface area contributed by atoms with E-state index in [1.54, 1.807) is 7.11 Å². The molecule has 2 aromatic carbocycles. The minimum Gasteiger partial charge on any atom is -0.497 e. The molecule has 0 bridgehead atoms. The molecule has 0 spiro atoms. The lowest BCUT2D eigenvalue weighted by molar-refractivity contribution is -0.120. The summed E-state index contributed by atoms with van der Waals surface area (Å²) in [6.07, 6.45) is 0.737. The van der Waals surface area contributed by atoms with Crippen LogP contribution in [0.4, 0.5) is 14.9 Å². The normalized spacial score (nSPS) is 11.3. The van der Waals surface area contributed by atoms with Gasteiger partial charge >= 0.3 is 6.03 Å². The Labute approximate surface area is 174 Å². The molecule has 2 aromatic rings. The SMILES string of the molecule is COc1ccc(CC[C@H](NC(=O)Nc2ccc(F)cc2)C(=N)NC(=O)CCO)cc1. The van der Waals surface area contributed by atoms with E-state index in [9.17, 15) is 14.0 Å². The highest BCUT2D eigenvalue weighted by Gasteiger charge is 2.19. The molecule has 8 nitrogen and oxygen atoms in total. The van der Waals surface area contributed by atoms with Gasteiger partial charge in [-0.15, -0.1) is 0 Å². The molecule has 0 aromatic heterocycles. The first kappa shape index (κ1) is 22.8. The van der Waals surface area contributed by atoms with Gasteiger partial charge in [-0.2, -0.15) is 0 Å². The van der Waals surface area contributed by atoms with E-state index in [-0.39, 0.29) is 18.9 Å². The molecule has 0 radical (unpaired) electrons. The molecular weight excluding hydrogens is 391 g/mol. The van der Waals surface area contributed by atoms with E-state index in [1.165, 1.54) is 24.3 Å². The van der Waals surface area contributed by atoms with Crippen LogP contribution in [0.2, 0.25) is 0 Å². The fourth-order valence-corrected chi connectivity index (χ4v) is 2.65. The number of hydrogen-bond acceptors (Lipinski definition) is 5. The summed E-state index contributed by atoms with van der Waals surface area (Å²) in [5.41, 5.74) is 1.36. The topological polar surface area (TPSA) is 124 Å². The zero-order chi connectivity index (χ0) is 21.9. The Balaban J connectivity index is 2.02. The highest BCUT2D eigenvalue weighted by Crippen LogP contribution is 2.14. The van der Waals surface area contributed by atoms with E-state index in [0.717, 1.165) is 11.3 Å². The summed E-state index contributed by atoms with van der Waals surface area (Å²) >= 11 is 0. The van der Waals surface area contributed by atoms with Crippen LogP contribution in [0, 0.1) is 11.2 Å². The zero-order valence-corrected chi connectivity index (χ0v) is 16.6. The van der Waals surface area contributed by atoms with Crippen molar-refractivity contribution in [2.75, 3.05) is 19.0 Å². The van der Waals surface area contributed by atoms with Crippen LogP contribution in [0.1, 0.15) is 18.4 Å². The van der Waals surface area contributed by atoms with Crippen molar-refractivity contribution in [1.82, 2.24) is 10.6 Å². The van der Waals surface area contributed by atoms with Crippen molar-refractivity contribution in [3.8, 4) is 5.75 Å². The number of halogens is 1. The number of anilines is 1. The number of carbonyl (C=O) groups excluding carboxylic acids is 2. The number of carbonyl (C=O) groups is 2. The Hall–Kier alpha value is -3.46. The van der Waals surface area contributed by atoms with Crippen LogP contribution in [0.15, 0.2) is 48.5 Å². The summed E-state index contributed by atoms with van der Waals surface area (Å²) in [5, 5.41) is 24.6. The van der Waals surface area contributed by atoms with Crippen molar-refractivity contribution in [3.63, 3.8) is 0 Å². The lowest BCUT2D eigenvalue weighted by atomic mass is 10.0. The lowest BCUT2D eigenvalue weighted by Crippen LogP contribution is -2.49. The van der Waals surface area contributed by atoms with Crippen LogP contribution >= 0.6 is 0 Å². The third kappa shape index (κ3) is 7.51. The van der Waals surface area contributed by atoms with Crippen LogP contribution in [0.5, 0.6) is 5.75 Å². The number of ether oxygens (including phenoxy) is 1. The standard InChI is InChI=1S/C21H25FN4O4/c1-30-17-9-2-14(3-10-17)4-11-18(20(23)26-19(28)12-13-27)25-21(29)24-16-7-5-15(22)6-8-16/h2-3,5-10,18,27H,4,11-13H2,1H3,(H2,23,26,28)(H2,24,25,29)/t18-/m0/s1. The molecule has 30 heavy (non-hydrogen) atoms. The Bertz CT molecular complexity index is 856. The molecule has 0 saturated heterocycles. The van der Waals surface area contributed by atoms with E-state index in [1.807, 2.05) is 24.3 Å². The van der Waals surface area contributed by atoms with Crippen molar-refractivity contribution < 1.29 is 23.8 Å². The first-order valence-corrected chi connectivity index (χ1v) is 9.36. The number of nitrogens with one attached hydrogen (secondary N) is 4. The molecule has 0 aliphatic rings. The van der Waals surface area contributed by atoms with Gasteiger partial charge in [0.05, 0.1) is 26.2 Å². The Morgan fingerprint density at radius 2 is 1.80 bits per heavy atom. The maximum Gasteiger partial charge on any atom is 0.319 e. The van der Waals surface area contributed by atoms with Gasteiger partial charge in [0.15, 0.2) is 0 Å². The average Bonchev–Trinajstić information content (AvgIpc) is 2.73. The van der Waals surface area contributed by atoms with Gasteiger partial charge in [-0.05, 0) is 54.8 Å². The zero-order valence-electron chi connectivity index (χ0n) is 16.6. The first-order chi connectivity index (χ1) is 14.4. The van der Waals surface area contributed by atoms with Crippen molar-refractivity contribution >= 4 is 23.5 Å². The summed E-state index contributed by atoms with van der Waals surface area (Å²) in [6.45, 7) is -0.339. The van der Waals surface area contributed by atoms with Gasteiger partial charge in [0, 0.05) is 5.69 Å². The Kier molecular flexibility index (Phi) is 8.76. The van der Waals surface area contributed by atoms with Gasteiger partial charge in [-0.1, -0.05) is 12.1 Å². The molecule has 2 rings (SSSR count). The third-order valence-electron chi connectivity index (χ3n) is 4.25. The molecule has 0 aliphatic heterocycles. The van der Waals surface area contributed by atoms with Crippen LogP contribution in [0.3, 0.4) is 0 Å². The average molecular weight is 416 g/mol. The van der Waals surface area contributed by atoms with Gasteiger partial charge in [0.1, 0.15) is 17.4 Å². The number of amidine groups is 1. The minimum absolute atomic E-state index is 0.143. The molecule has 0 saturated carbocycles. The summed E-state index contributed by atoms with van der Waals surface area (Å²) in [5.74, 6) is -0.406. The molecule has 0 unspecified atom stereocenters. The van der Waals surface area contributed by atoms with Crippen molar-refractivity contribution in [2.24, 2.45) is 0 Å². The van der Waals surface area contributed by atoms with Crippen molar-refractivity contribution in [1.29, 1.82) is 5.41 Å². The highest BCUT2D eigenvalue weighted by molar-refractivity contribution is 6.01. The smallest absolute Gasteiger partial charge is 0.319 e. The van der Waals surface area contributed by atoms with Crippen LogP contribution in [-0.2, 0) is 11.2 Å². The third-order valence-corrected chi connectivity index (χ3v) is 4.25. The van der Waals surface area contributed by atoms with E-state index in [2.05, 4.69) is 16.0 Å². The summed E-state index contributed by atoms with van der Waals surface area (Å²) in [4.78, 5) is 24.1. The number of aliphatic hydroxyl groups excluding tert-OH is 1. The number of hydrogen-bond donors (Lipinski definition) is 5. The van der Waals surface area contributed by atoms with Crippen LogP contribution in [0.25, 0.3) is 0 Å². The van der Waals surface area contributed by atoms with Crippen LogP contribution < -0.4 is 20.7 Å². The number of rotatable bonds is 9. The number of aryl methyl sites for hydroxylation is 1. The quantitative estimate of drug-likeness (QED) is 0.318. The number of urea groups is 1. The van der Waals surface area contributed by atoms with Crippen molar-refractivity contribution in [3.05, 3.63) is 59.9 Å². The number of methoxy groups -OCH3 is 1. The van der Waals surface area contributed by atoms with E-state index >= 15 is 0 Å². The second-order valence-corrected chi connectivity index (χ2v) is 6.48. The van der Waals surface area contributed by atoms with Gasteiger partial charge in [-0.3, -0.25) is 10.2 Å². The molecule has 9 heteroatoms. The van der Waals surface area contributed by atoms with Gasteiger partial charge in [-0.25, -0.2) is 9.18 Å². The largest absolute Gasteiger partial charge is 0.497 e. The maximum atomic E-state index is 13.0. The van der Waals surface area contributed by atoms with Gasteiger partial charge in [0.2, 0.25) is 5.91 Å². The number of benzene rings is 2. The minimum atomic E-state index is -0.782. The lowest BCUT2D eigenvalue weighted by Gasteiger charge is -2.21. The first-order valence-electron chi connectivity index (χ1n) is 9.36. The molecule has 160 valence electrons. The van der Waals surface area contributed by atoms with Gasteiger partial charge in [0.25, 0.3) is 0 Å². The molecular formula is C21H25FN4O4. The maximum absolute atomic E-state index is 13.0. The summed E-state index contributed by atoms with van der Waals surface area (Å²) in [7, 11) is 1.57. The number of amides is 3. The van der Waals surface area contributed by atoms with E-state index in [4.69, 9.17) is 15.3 Å². The predicted molar refractivity (Wildman–Crippen MR) is 111 cm³/mol. The molecule has 0 heterocycles. The fraction of sp³-hybridized carbons (Fsp3) is 0.286. The Morgan fingerprint density at radius 3 is 2.40 bits per heavy atom. The van der Waals surface area contributed by atoms with E-state index in [0.29, 0.717) is 18.5 Å². The molecule has 1 atom stereocenters. The molecule has 0 aliphatic carbocycles. The number of aliphatic hydroxyl groups is 1. The molecule has 3 amide bonds. The highest BCUT2D eigenvalue weighted by atomic mass is 19.1. The van der Waals surface area contributed by atoms with E-state index < -0.39 is 23.8 Å². The fourth-order valence-electron chi connectivity index (χ4n) is 2.65. The second-order valence-electron chi connectivity index (χ2n) is 6.48. The second kappa shape index (κ2) is 11.5. The summed E-state index contributed by atoms with van der Waals surface area (Å²) in [6, 6.07) is 11.3. The predicted octanol–water partition coefficient (Wildman–Crippen LogP) is 2.43. The molecule has 5 N–H and O–H groups in total. The Morgan fingerprint density at radius 1 is 1.13 bits per heavy atom. The monoisotopic (exact) mass is 416 g/mol. The molecule has 0 fully saturated rings. The summed E-state index contributed by atoms with van der Waals surface area (Å²) < 4.78 is 18.1. The van der Waals surface area contributed by atoms with Crippen molar-refractivity contribution in [2.45, 2.75) is 25.3 Å².